The van der Waals surface area contributed by atoms with Crippen molar-refractivity contribution in [2.75, 3.05) is 13.7 Å². The minimum atomic E-state index is -1.08. The molecule has 0 aliphatic rings. The normalized spacial score (nSPS) is 13.7. The van der Waals surface area contributed by atoms with Gasteiger partial charge in [0, 0.05) is 5.54 Å². The highest BCUT2D eigenvalue weighted by Gasteiger charge is 2.40. The van der Waals surface area contributed by atoms with Gasteiger partial charge in [0.2, 0.25) is 0 Å². The molecule has 6 nitrogen and oxygen atoms in total. The lowest BCUT2D eigenvalue weighted by atomic mass is 10.0. The van der Waals surface area contributed by atoms with Gasteiger partial charge in [-0.2, -0.15) is 0 Å². The molecular formula is C13H25NO5. The zero-order valence-electron chi connectivity index (χ0n) is 12.8. The van der Waals surface area contributed by atoms with E-state index in [9.17, 15) is 14.7 Å². The number of hydrogen-bond donors (Lipinski definition) is 1. The first-order valence-corrected chi connectivity index (χ1v) is 6.15. The smallest absolute Gasteiger partial charge is 0.411 e. The minimum Gasteiger partial charge on any atom is -0.467 e. The Morgan fingerprint density at radius 2 is 1.63 bits per heavy atom. The van der Waals surface area contributed by atoms with Crippen LogP contribution in [-0.2, 0) is 14.3 Å². The number of amides is 1. The molecule has 19 heavy (non-hydrogen) atoms. The highest BCUT2D eigenvalue weighted by molar-refractivity contribution is 5.82. The van der Waals surface area contributed by atoms with Gasteiger partial charge in [-0.3, -0.25) is 4.90 Å². The van der Waals surface area contributed by atoms with Crippen LogP contribution in [0.1, 0.15) is 41.5 Å². The van der Waals surface area contributed by atoms with E-state index >= 15 is 0 Å². The van der Waals surface area contributed by atoms with Gasteiger partial charge in [0.1, 0.15) is 5.60 Å². The Bertz CT molecular complexity index is 327. The van der Waals surface area contributed by atoms with Crippen LogP contribution >= 0.6 is 0 Å². The molecule has 0 aromatic carbocycles. The summed E-state index contributed by atoms with van der Waals surface area (Å²) < 4.78 is 9.88. The molecule has 0 aliphatic carbocycles. The third-order valence-electron chi connectivity index (χ3n) is 2.27. The van der Waals surface area contributed by atoms with Crippen molar-refractivity contribution < 1.29 is 24.2 Å². The van der Waals surface area contributed by atoms with Crippen molar-refractivity contribution in [1.29, 1.82) is 0 Å². The van der Waals surface area contributed by atoms with Gasteiger partial charge in [-0.1, -0.05) is 0 Å². The zero-order chi connectivity index (χ0) is 15.4. The molecule has 0 heterocycles. The summed E-state index contributed by atoms with van der Waals surface area (Å²) in [4.78, 5) is 25.1. The van der Waals surface area contributed by atoms with Gasteiger partial charge >= 0.3 is 12.1 Å². The standard InChI is InChI=1S/C13H25NO5/c1-12(2,3)14(9(8-15)10(16)18-7)11(17)19-13(4,5)6/h9,15H,8H2,1-7H3. The summed E-state index contributed by atoms with van der Waals surface area (Å²) in [7, 11) is 1.21. The van der Waals surface area contributed by atoms with Crippen molar-refractivity contribution in [3.05, 3.63) is 0 Å². The number of aliphatic hydroxyl groups excluding tert-OH is 1. The fourth-order valence-corrected chi connectivity index (χ4v) is 1.58. The monoisotopic (exact) mass is 275 g/mol. The number of rotatable bonds is 3. The quantitative estimate of drug-likeness (QED) is 0.791. The summed E-state index contributed by atoms with van der Waals surface area (Å²) >= 11 is 0. The van der Waals surface area contributed by atoms with Crippen LogP contribution in [0.3, 0.4) is 0 Å². The maximum Gasteiger partial charge on any atom is 0.411 e. The molecule has 0 bridgehead atoms. The molecule has 0 spiro atoms. The Morgan fingerprint density at radius 1 is 1.16 bits per heavy atom. The molecule has 0 saturated carbocycles. The maximum atomic E-state index is 12.2. The second-order valence-electron chi connectivity index (χ2n) is 6.24. The Labute approximate surface area is 114 Å². The lowest BCUT2D eigenvalue weighted by Crippen LogP contribution is -2.57. The largest absolute Gasteiger partial charge is 0.467 e. The molecule has 0 aromatic rings. The maximum absolute atomic E-state index is 12.2. The number of methoxy groups -OCH3 is 1. The molecule has 112 valence electrons. The van der Waals surface area contributed by atoms with E-state index in [0.717, 1.165) is 0 Å². The Hall–Kier alpha value is -1.30. The van der Waals surface area contributed by atoms with E-state index in [0.29, 0.717) is 0 Å². The number of carbonyl (C=O) groups is 2. The van der Waals surface area contributed by atoms with Gasteiger partial charge in [0.25, 0.3) is 0 Å². The lowest BCUT2D eigenvalue weighted by molar-refractivity contribution is -0.150. The number of esters is 1. The number of nitrogens with zero attached hydrogens (tertiary/aromatic N) is 1. The van der Waals surface area contributed by atoms with Gasteiger partial charge in [-0.15, -0.1) is 0 Å². The van der Waals surface area contributed by atoms with Crippen LogP contribution in [0.2, 0.25) is 0 Å². The molecule has 1 N–H and O–H groups in total. The number of hydrogen-bond acceptors (Lipinski definition) is 5. The van der Waals surface area contributed by atoms with Crippen molar-refractivity contribution in [2.45, 2.75) is 58.7 Å². The Balaban J connectivity index is 5.33. The van der Waals surface area contributed by atoms with Crippen LogP contribution in [0.4, 0.5) is 4.79 Å². The summed E-state index contributed by atoms with van der Waals surface area (Å²) in [5.74, 6) is -0.678. The predicted octanol–water partition coefficient (Wildman–Crippen LogP) is 1.56. The van der Waals surface area contributed by atoms with Crippen LogP contribution in [0.15, 0.2) is 0 Å². The van der Waals surface area contributed by atoms with E-state index in [1.165, 1.54) is 12.0 Å². The zero-order valence-corrected chi connectivity index (χ0v) is 12.8. The highest BCUT2D eigenvalue weighted by Crippen LogP contribution is 2.22. The minimum absolute atomic E-state index is 0.525. The van der Waals surface area contributed by atoms with Gasteiger partial charge in [0.05, 0.1) is 13.7 Å². The third-order valence-corrected chi connectivity index (χ3v) is 2.27. The molecule has 0 fully saturated rings. The summed E-state index contributed by atoms with van der Waals surface area (Å²) in [6.45, 7) is 9.93. The number of aliphatic hydroxyl groups is 1. The van der Waals surface area contributed by atoms with E-state index in [1.54, 1.807) is 41.5 Å². The first kappa shape index (κ1) is 17.7. The first-order chi connectivity index (χ1) is 8.44. The first-order valence-electron chi connectivity index (χ1n) is 6.15. The second-order valence-corrected chi connectivity index (χ2v) is 6.24. The Kier molecular flexibility index (Phi) is 5.81. The summed E-state index contributed by atoms with van der Waals surface area (Å²) in [6.07, 6.45) is -0.663. The third kappa shape index (κ3) is 5.46. The van der Waals surface area contributed by atoms with Crippen molar-refractivity contribution in [1.82, 2.24) is 4.90 Å². The second kappa shape index (κ2) is 6.23. The van der Waals surface area contributed by atoms with E-state index in [2.05, 4.69) is 4.74 Å². The van der Waals surface area contributed by atoms with E-state index in [-0.39, 0.29) is 0 Å². The van der Waals surface area contributed by atoms with Crippen LogP contribution in [-0.4, -0.2) is 53.0 Å². The molecule has 1 unspecified atom stereocenters. The van der Waals surface area contributed by atoms with E-state index < -0.39 is 35.9 Å². The van der Waals surface area contributed by atoms with E-state index in [1.807, 2.05) is 0 Å². The number of carbonyl (C=O) groups excluding carboxylic acids is 2. The fourth-order valence-electron chi connectivity index (χ4n) is 1.58. The van der Waals surface area contributed by atoms with Crippen LogP contribution < -0.4 is 0 Å². The molecular weight excluding hydrogens is 250 g/mol. The SMILES string of the molecule is COC(=O)C(CO)N(C(=O)OC(C)(C)C)C(C)(C)C. The Morgan fingerprint density at radius 3 is 1.89 bits per heavy atom. The van der Waals surface area contributed by atoms with E-state index in [4.69, 9.17) is 4.74 Å². The fraction of sp³-hybridized carbons (Fsp3) is 0.846. The predicted molar refractivity (Wildman–Crippen MR) is 70.7 cm³/mol. The van der Waals surface area contributed by atoms with Crippen LogP contribution in [0, 0.1) is 0 Å². The molecule has 1 amide bonds. The molecule has 0 saturated heterocycles. The number of ether oxygens (including phenoxy) is 2. The van der Waals surface area contributed by atoms with Gasteiger partial charge in [-0.05, 0) is 41.5 Å². The van der Waals surface area contributed by atoms with Crippen molar-refractivity contribution in [3.63, 3.8) is 0 Å². The average Bonchev–Trinajstić information content (AvgIpc) is 2.19. The molecule has 0 rings (SSSR count). The van der Waals surface area contributed by atoms with Crippen LogP contribution in [0.5, 0.6) is 0 Å². The van der Waals surface area contributed by atoms with Crippen molar-refractivity contribution in [2.24, 2.45) is 0 Å². The summed E-state index contributed by atoms with van der Waals surface area (Å²) in [5, 5.41) is 9.36. The molecule has 0 radical (unpaired) electrons. The summed E-state index contributed by atoms with van der Waals surface area (Å²) in [6, 6.07) is -1.08. The highest BCUT2D eigenvalue weighted by atomic mass is 16.6. The summed E-state index contributed by atoms with van der Waals surface area (Å²) in [5.41, 5.74) is -1.37. The molecule has 1 atom stereocenters. The lowest BCUT2D eigenvalue weighted by Gasteiger charge is -2.40. The average molecular weight is 275 g/mol. The molecule has 0 aliphatic heterocycles. The van der Waals surface area contributed by atoms with Gasteiger partial charge in [0.15, 0.2) is 6.04 Å². The van der Waals surface area contributed by atoms with Crippen LogP contribution in [0.25, 0.3) is 0 Å². The topological polar surface area (TPSA) is 76.1 Å². The molecule has 0 aromatic heterocycles. The van der Waals surface area contributed by atoms with Crippen molar-refractivity contribution in [3.8, 4) is 0 Å². The molecule has 6 heteroatoms. The van der Waals surface area contributed by atoms with Gasteiger partial charge < -0.3 is 14.6 Å². The van der Waals surface area contributed by atoms with Crippen molar-refractivity contribution >= 4 is 12.1 Å². The van der Waals surface area contributed by atoms with Gasteiger partial charge in [-0.25, -0.2) is 9.59 Å².